The minimum absolute atomic E-state index is 0.00739. The van der Waals surface area contributed by atoms with Gasteiger partial charge in [0.15, 0.2) is 5.69 Å². The number of rotatable bonds is 5. The third-order valence-electron chi connectivity index (χ3n) is 4.64. The van der Waals surface area contributed by atoms with Gasteiger partial charge in [0.2, 0.25) is 0 Å². The van der Waals surface area contributed by atoms with E-state index in [0.29, 0.717) is 16.5 Å². The van der Waals surface area contributed by atoms with Gasteiger partial charge in [-0.1, -0.05) is 60.7 Å². The van der Waals surface area contributed by atoms with Gasteiger partial charge in [-0.05, 0) is 29.3 Å². The van der Waals surface area contributed by atoms with Gasteiger partial charge < -0.3 is 15.2 Å². The topological polar surface area (TPSA) is 104 Å². The molecule has 0 unspecified atom stereocenters. The van der Waals surface area contributed by atoms with Gasteiger partial charge in [0, 0.05) is 11.1 Å². The van der Waals surface area contributed by atoms with Crippen LogP contribution in [0.5, 0.6) is 0 Å². The van der Waals surface area contributed by atoms with E-state index in [0.717, 1.165) is 5.56 Å². The molecule has 0 bridgehead atoms. The predicted molar refractivity (Wildman–Crippen MR) is 110 cm³/mol. The van der Waals surface area contributed by atoms with Gasteiger partial charge in [-0.25, -0.2) is 4.68 Å². The maximum Gasteiger partial charge on any atom is 0.276 e. The summed E-state index contributed by atoms with van der Waals surface area (Å²) in [5, 5.41) is 18.7. The van der Waals surface area contributed by atoms with Crippen molar-refractivity contribution in [3.05, 3.63) is 106 Å². The lowest BCUT2D eigenvalue weighted by atomic mass is 10.1. The van der Waals surface area contributed by atoms with Crippen molar-refractivity contribution in [2.45, 2.75) is 6.54 Å². The average molecular weight is 398 g/mol. The number of aromatic carboxylic acids is 1. The maximum absolute atomic E-state index is 12.9. The molecule has 3 aromatic carbocycles. The van der Waals surface area contributed by atoms with Crippen molar-refractivity contribution in [1.29, 1.82) is 0 Å². The lowest BCUT2D eigenvalue weighted by molar-refractivity contribution is -0.255. The van der Waals surface area contributed by atoms with Gasteiger partial charge in [-0.3, -0.25) is 9.59 Å². The SMILES string of the molecule is O=C([O-])c1ccc(NC(=O)c2nn(Cc3ccccc3)c(=O)c3ccccc23)cc1. The van der Waals surface area contributed by atoms with Crippen molar-refractivity contribution in [3.8, 4) is 0 Å². The van der Waals surface area contributed by atoms with Crippen LogP contribution in [0, 0.1) is 0 Å². The van der Waals surface area contributed by atoms with E-state index in [1.165, 1.54) is 28.9 Å². The zero-order chi connectivity index (χ0) is 21.1. The molecule has 0 aliphatic rings. The highest BCUT2D eigenvalue weighted by molar-refractivity contribution is 6.11. The molecule has 0 radical (unpaired) electrons. The van der Waals surface area contributed by atoms with Crippen LogP contribution >= 0.6 is 0 Å². The minimum Gasteiger partial charge on any atom is -0.545 e. The molecule has 0 saturated carbocycles. The van der Waals surface area contributed by atoms with Crippen LogP contribution in [-0.2, 0) is 6.54 Å². The number of nitrogens with one attached hydrogen (secondary N) is 1. The van der Waals surface area contributed by atoms with Crippen LogP contribution in [0.2, 0.25) is 0 Å². The van der Waals surface area contributed by atoms with Gasteiger partial charge >= 0.3 is 0 Å². The number of fused-ring (bicyclic) bond motifs is 1. The standard InChI is InChI=1S/C23H17N3O4/c27-21(24-17-12-10-16(11-13-17)23(29)30)20-18-8-4-5-9-19(18)22(28)26(25-20)14-15-6-2-1-3-7-15/h1-13H,14H2,(H,24,27)(H,29,30)/p-1. The first kappa shape index (κ1) is 19.1. The molecule has 0 atom stereocenters. The Kier molecular flexibility index (Phi) is 5.09. The molecule has 1 heterocycles. The van der Waals surface area contributed by atoms with Crippen LogP contribution in [0.15, 0.2) is 83.7 Å². The van der Waals surface area contributed by atoms with E-state index in [2.05, 4.69) is 10.4 Å². The molecule has 30 heavy (non-hydrogen) atoms. The van der Waals surface area contributed by atoms with Crippen molar-refractivity contribution in [2.24, 2.45) is 0 Å². The molecule has 0 aliphatic carbocycles. The minimum atomic E-state index is -1.30. The number of carbonyl (C=O) groups is 2. The van der Waals surface area contributed by atoms with E-state index >= 15 is 0 Å². The summed E-state index contributed by atoms with van der Waals surface area (Å²) in [5.41, 5.74) is 1.10. The largest absolute Gasteiger partial charge is 0.545 e. The van der Waals surface area contributed by atoms with E-state index in [1.807, 2.05) is 30.3 Å². The molecular weight excluding hydrogens is 382 g/mol. The van der Waals surface area contributed by atoms with Gasteiger partial charge in [0.25, 0.3) is 11.5 Å². The molecule has 0 saturated heterocycles. The van der Waals surface area contributed by atoms with E-state index < -0.39 is 11.9 Å². The summed E-state index contributed by atoms with van der Waals surface area (Å²) in [6.45, 7) is 0.227. The number of benzene rings is 3. The van der Waals surface area contributed by atoms with Crippen molar-refractivity contribution < 1.29 is 14.7 Å². The van der Waals surface area contributed by atoms with Crippen molar-refractivity contribution >= 4 is 28.3 Å². The Bertz CT molecular complexity index is 1300. The summed E-state index contributed by atoms with van der Waals surface area (Å²) in [4.78, 5) is 36.7. The zero-order valence-corrected chi connectivity index (χ0v) is 15.7. The fraction of sp³-hybridized carbons (Fsp3) is 0.0435. The number of hydrogen-bond acceptors (Lipinski definition) is 5. The van der Waals surface area contributed by atoms with Gasteiger partial charge in [-0.15, -0.1) is 0 Å². The maximum atomic E-state index is 12.9. The first-order chi connectivity index (χ1) is 14.5. The second kappa shape index (κ2) is 8.00. The number of hydrogen-bond donors (Lipinski definition) is 1. The van der Waals surface area contributed by atoms with Crippen LogP contribution in [0.1, 0.15) is 26.4 Å². The third-order valence-corrected chi connectivity index (χ3v) is 4.64. The van der Waals surface area contributed by atoms with Crippen molar-refractivity contribution in [1.82, 2.24) is 9.78 Å². The van der Waals surface area contributed by atoms with Crippen molar-refractivity contribution in [2.75, 3.05) is 5.32 Å². The molecule has 0 spiro atoms. The Morgan fingerprint density at radius 2 is 1.50 bits per heavy atom. The molecule has 4 aromatic rings. The van der Waals surface area contributed by atoms with Gasteiger partial charge in [0.1, 0.15) is 0 Å². The lowest BCUT2D eigenvalue weighted by Crippen LogP contribution is -2.28. The van der Waals surface area contributed by atoms with Crippen molar-refractivity contribution in [3.63, 3.8) is 0 Å². The highest BCUT2D eigenvalue weighted by Gasteiger charge is 2.17. The Balaban J connectivity index is 1.73. The Morgan fingerprint density at radius 3 is 2.17 bits per heavy atom. The quantitative estimate of drug-likeness (QED) is 0.554. The number of anilines is 1. The van der Waals surface area contributed by atoms with Crippen LogP contribution in [0.4, 0.5) is 5.69 Å². The van der Waals surface area contributed by atoms with E-state index in [9.17, 15) is 19.5 Å². The molecule has 1 amide bonds. The molecule has 7 nitrogen and oxygen atoms in total. The van der Waals surface area contributed by atoms with Crippen LogP contribution in [0.25, 0.3) is 10.8 Å². The summed E-state index contributed by atoms with van der Waals surface area (Å²) in [6, 6.07) is 21.8. The third kappa shape index (κ3) is 3.81. The molecule has 0 aliphatic heterocycles. The molecule has 4 rings (SSSR count). The smallest absolute Gasteiger partial charge is 0.276 e. The number of amides is 1. The number of carboxylic acid groups (broad SMARTS) is 1. The summed E-state index contributed by atoms with van der Waals surface area (Å²) in [5.74, 6) is -1.80. The van der Waals surface area contributed by atoms with E-state index in [1.54, 1.807) is 24.3 Å². The number of aromatic nitrogens is 2. The molecular formula is C23H16N3O4-. The Labute approximate surface area is 171 Å². The first-order valence-electron chi connectivity index (χ1n) is 9.19. The summed E-state index contributed by atoms with van der Waals surface area (Å²) in [7, 11) is 0. The number of nitrogens with zero attached hydrogens (tertiary/aromatic N) is 2. The van der Waals surface area contributed by atoms with Crippen LogP contribution in [0.3, 0.4) is 0 Å². The molecule has 0 fully saturated rings. The van der Waals surface area contributed by atoms with E-state index in [4.69, 9.17) is 0 Å². The predicted octanol–water partition coefficient (Wildman–Crippen LogP) is 2.06. The van der Waals surface area contributed by atoms with E-state index in [-0.39, 0.29) is 23.4 Å². The number of carbonyl (C=O) groups excluding carboxylic acids is 2. The van der Waals surface area contributed by atoms with Gasteiger partial charge in [-0.2, -0.15) is 5.10 Å². The highest BCUT2D eigenvalue weighted by Crippen LogP contribution is 2.16. The fourth-order valence-corrected chi connectivity index (χ4v) is 3.15. The highest BCUT2D eigenvalue weighted by atomic mass is 16.4. The Morgan fingerprint density at radius 1 is 0.867 bits per heavy atom. The summed E-state index contributed by atoms with van der Waals surface area (Å²) >= 11 is 0. The second-order valence-corrected chi connectivity index (χ2v) is 6.66. The zero-order valence-electron chi connectivity index (χ0n) is 15.7. The molecule has 7 heteroatoms. The molecule has 1 aromatic heterocycles. The van der Waals surface area contributed by atoms with Gasteiger partial charge in [0.05, 0.1) is 17.9 Å². The summed E-state index contributed by atoms with van der Waals surface area (Å²) in [6.07, 6.45) is 0. The average Bonchev–Trinajstić information content (AvgIpc) is 2.77. The number of carboxylic acids is 1. The fourth-order valence-electron chi connectivity index (χ4n) is 3.15. The molecule has 1 N–H and O–H groups in total. The molecule has 148 valence electrons. The van der Waals surface area contributed by atoms with Crippen LogP contribution < -0.4 is 16.0 Å². The monoisotopic (exact) mass is 398 g/mol. The first-order valence-corrected chi connectivity index (χ1v) is 9.19. The lowest BCUT2D eigenvalue weighted by Gasteiger charge is -2.12. The summed E-state index contributed by atoms with van der Waals surface area (Å²) < 4.78 is 1.27. The Hall–Kier alpha value is -4.26. The normalized spacial score (nSPS) is 10.7. The van der Waals surface area contributed by atoms with Crippen LogP contribution in [-0.4, -0.2) is 21.7 Å². The second-order valence-electron chi connectivity index (χ2n) is 6.66.